The zero-order chi connectivity index (χ0) is 15.5. The number of sulfonamides is 1. The highest BCUT2D eigenvalue weighted by Crippen LogP contribution is 2.30. The molecular weight excluding hydrogens is 352 g/mol. The van der Waals surface area contributed by atoms with Crippen molar-refractivity contribution in [2.24, 2.45) is 0 Å². The summed E-state index contributed by atoms with van der Waals surface area (Å²) in [6, 6.07) is 5.57. The first-order valence-electron chi connectivity index (χ1n) is 7.38. The van der Waals surface area contributed by atoms with Crippen molar-refractivity contribution in [2.45, 2.75) is 49.6 Å². The van der Waals surface area contributed by atoms with Crippen LogP contribution in [0, 0.1) is 0 Å². The number of hydrogen-bond acceptors (Lipinski definition) is 3. The van der Waals surface area contributed by atoms with Gasteiger partial charge < -0.3 is 5.32 Å². The number of nitrogens with one attached hydrogen (secondary N) is 1. The van der Waals surface area contributed by atoms with Crippen LogP contribution in [0.15, 0.2) is 27.6 Å². The molecule has 118 valence electrons. The predicted molar refractivity (Wildman–Crippen MR) is 88.7 cm³/mol. The van der Waals surface area contributed by atoms with Crippen LogP contribution in [0.3, 0.4) is 0 Å². The van der Waals surface area contributed by atoms with Gasteiger partial charge in [-0.25, -0.2) is 8.42 Å². The molecule has 21 heavy (non-hydrogen) atoms. The fourth-order valence-corrected chi connectivity index (χ4v) is 5.36. The van der Waals surface area contributed by atoms with Crippen molar-refractivity contribution in [1.29, 1.82) is 0 Å². The zero-order valence-electron chi connectivity index (χ0n) is 12.6. The average Bonchev–Trinajstić information content (AvgIpc) is 2.47. The molecule has 0 aromatic heterocycles. The third kappa shape index (κ3) is 3.86. The van der Waals surface area contributed by atoms with E-state index in [9.17, 15) is 8.42 Å². The average molecular weight is 375 g/mol. The van der Waals surface area contributed by atoms with Gasteiger partial charge in [0, 0.05) is 24.1 Å². The first-order chi connectivity index (χ1) is 9.96. The number of benzene rings is 1. The Morgan fingerprint density at radius 1 is 1.29 bits per heavy atom. The molecule has 0 radical (unpaired) electrons. The smallest absolute Gasteiger partial charge is 0.244 e. The molecule has 1 aromatic rings. The molecule has 0 unspecified atom stereocenters. The van der Waals surface area contributed by atoms with E-state index in [-0.39, 0.29) is 6.04 Å². The first kappa shape index (κ1) is 16.9. The maximum Gasteiger partial charge on any atom is 0.244 e. The van der Waals surface area contributed by atoms with E-state index in [1.165, 1.54) is 6.42 Å². The molecule has 1 N–H and O–H groups in total. The second-order valence-electron chi connectivity index (χ2n) is 5.61. The van der Waals surface area contributed by atoms with Crippen molar-refractivity contribution in [1.82, 2.24) is 9.62 Å². The van der Waals surface area contributed by atoms with Crippen molar-refractivity contribution in [3.8, 4) is 0 Å². The van der Waals surface area contributed by atoms with E-state index in [1.807, 2.05) is 19.2 Å². The summed E-state index contributed by atoms with van der Waals surface area (Å²) in [5.74, 6) is 0. The Kier molecular flexibility index (Phi) is 5.82. The maximum absolute atomic E-state index is 12.8. The molecule has 0 aliphatic heterocycles. The Morgan fingerprint density at radius 3 is 2.52 bits per heavy atom. The third-order valence-corrected chi connectivity index (χ3v) is 7.01. The third-order valence-electron chi connectivity index (χ3n) is 4.12. The topological polar surface area (TPSA) is 49.4 Å². The van der Waals surface area contributed by atoms with Crippen LogP contribution in [0.25, 0.3) is 0 Å². The van der Waals surface area contributed by atoms with Gasteiger partial charge >= 0.3 is 0 Å². The molecule has 0 amide bonds. The monoisotopic (exact) mass is 374 g/mol. The van der Waals surface area contributed by atoms with Gasteiger partial charge in [-0.1, -0.05) is 25.3 Å². The van der Waals surface area contributed by atoms with Crippen molar-refractivity contribution >= 4 is 26.0 Å². The van der Waals surface area contributed by atoms with Gasteiger partial charge in [0.05, 0.1) is 4.90 Å². The van der Waals surface area contributed by atoms with Gasteiger partial charge in [0.15, 0.2) is 0 Å². The van der Waals surface area contributed by atoms with Gasteiger partial charge in [-0.3, -0.25) is 0 Å². The molecule has 0 bridgehead atoms. The van der Waals surface area contributed by atoms with Crippen LogP contribution >= 0.6 is 15.9 Å². The molecule has 6 heteroatoms. The molecule has 0 spiro atoms. The molecule has 1 aliphatic carbocycles. The van der Waals surface area contributed by atoms with Gasteiger partial charge in [0.2, 0.25) is 10.0 Å². The van der Waals surface area contributed by atoms with Gasteiger partial charge in [-0.05, 0) is 53.5 Å². The second kappa shape index (κ2) is 7.22. The predicted octanol–water partition coefficient (Wildman–Crippen LogP) is 3.12. The summed E-state index contributed by atoms with van der Waals surface area (Å²) in [7, 11) is 0.143. The Balaban J connectivity index is 2.26. The Labute approximate surface area is 136 Å². The second-order valence-corrected chi connectivity index (χ2v) is 8.43. The number of hydrogen-bond donors (Lipinski definition) is 1. The van der Waals surface area contributed by atoms with Crippen LogP contribution in [0.2, 0.25) is 0 Å². The lowest BCUT2D eigenvalue weighted by atomic mass is 9.96. The maximum atomic E-state index is 12.8. The highest BCUT2D eigenvalue weighted by Gasteiger charge is 2.30. The van der Waals surface area contributed by atoms with E-state index in [4.69, 9.17) is 0 Å². The lowest BCUT2D eigenvalue weighted by Gasteiger charge is -2.30. The van der Waals surface area contributed by atoms with Crippen LogP contribution < -0.4 is 5.32 Å². The summed E-state index contributed by atoms with van der Waals surface area (Å²) in [5, 5.41) is 3.06. The van der Waals surface area contributed by atoms with Crippen LogP contribution in [-0.2, 0) is 16.6 Å². The molecule has 1 aliphatic rings. The van der Waals surface area contributed by atoms with E-state index < -0.39 is 10.0 Å². The summed E-state index contributed by atoms with van der Waals surface area (Å²) in [6.07, 6.45) is 5.38. The minimum absolute atomic E-state index is 0.132. The van der Waals surface area contributed by atoms with E-state index in [1.54, 1.807) is 17.4 Å². The van der Waals surface area contributed by atoms with Crippen LogP contribution in [0.4, 0.5) is 0 Å². The Hall–Kier alpha value is -0.430. The number of rotatable bonds is 5. The lowest BCUT2D eigenvalue weighted by Crippen LogP contribution is -2.38. The highest BCUT2D eigenvalue weighted by atomic mass is 79.9. The molecule has 4 nitrogen and oxygen atoms in total. The lowest BCUT2D eigenvalue weighted by molar-refractivity contribution is 0.285. The van der Waals surface area contributed by atoms with Crippen molar-refractivity contribution < 1.29 is 8.42 Å². The molecule has 0 atom stereocenters. The van der Waals surface area contributed by atoms with Crippen molar-refractivity contribution in [3.05, 3.63) is 28.2 Å². The van der Waals surface area contributed by atoms with E-state index >= 15 is 0 Å². The molecule has 1 fully saturated rings. The largest absolute Gasteiger partial charge is 0.316 e. The zero-order valence-corrected chi connectivity index (χ0v) is 15.0. The summed E-state index contributed by atoms with van der Waals surface area (Å²) < 4.78 is 27.8. The van der Waals surface area contributed by atoms with Gasteiger partial charge in [-0.2, -0.15) is 4.31 Å². The van der Waals surface area contributed by atoms with Gasteiger partial charge in [-0.15, -0.1) is 0 Å². The molecule has 1 aromatic carbocycles. The molecular formula is C15H23BrN2O2S. The summed E-state index contributed by atoms with van der Waals surface area (Å²) in [5.41, 5.74) is 1.06. The normalized spacial score (nSPS) is 17.3. The van der Waals surface area contributed by atoms with E-state index in [0.29, 0.717) is 9.37 Å². The Morgan fingerprint density at radius 2 is 1.95 bits per heavy atom. The van der Waals surface area contributed by atoms with Crippen molar-refractivity contribution in [2.75, 3.05) is 14.1 Å². The highest BCUT2D eigenvalue weighted by molar-refractivity contribution is 9.10. The van der Waals surface area contributed by atoms with Crippen LogP contribution in [-0.4, -0.2) is 32.9 Å². The molecule has 0 heterocycles. The fourth-order valence-electron chi connectivity index (χ4n) is 2.86. The SMILES string of the molecule is CNCc1ccc(S(=O)(=O)N(C)C2CCCCC2)c(Br)c1. The number of nitrogens with zero attached hydrogens (tertiary/aromatic N) is 1. The summed E-state index contributed by atoms with van der Waals surface area (Å²) >= 11 is 3.41. The minimum atomic E-state index is -3.43. The molecule has 1 saturated carbocycles. The summed E-state index contributed by atoms with van der Waals surface area (Å²) in [4.78, 5) is 0.357. The van der Waals surface area contributed by atoms with Crippen LogP contribution in [0.1, 0.15) is 37.7 Å². The van der Waals surface area contributed by atoms with Gasteiger partial charge in [0.25, 0.3) is 0 Å². The van der Waals surface area contributed by atoms with Crippen molar-refractivity contribution in [3.63, 3.8) is 0 Å². The fraction of sp³-hybridized carbons (Fsp3) is 0.600. The van der Waals surface area contributed by atoms with E-state index in [2.05, 4.69) is 21.2 Å². The standard InChI is InChI=1S/C15H23BrN2O2S/c1-17-11-12-8-9-15(14(16)10-12)21(19,20)18(2)13-6-4-3-5-7-13/h8-10,13,17H,3-7,11H2,1-2H3. The quantitative estimate of drug-likeness (QED) is 0.860. The summed E-state index contributed by atoms with van der Waals surface area (Å²) in [6.45, 7) is 0.720. The van der Waals surface area contributed by atoms with E-state index in [0.717, 1.165) is 37.8 Å². The molecule has 2 rings (SSSR count). The number of halogens is 1. The van der Waals surface area contributed by atoms with Crippen LogP contribution in [0.5, 0.6) is 0 Å². The minimum Gasteiger partial charge on any atom is -0.316 e. The first-order valence-corrected chi connectivity index (χ1v) is 9.61. The van der Waals surface area contributed by atoms with Gasteiger partial charge in [0.1, 0.15) is 0 Å². The molecule has 0 saturated heterocycles. The Bertz CT molecular complexity index is 583.